The van der Waals surface area contributed by atoms with Gasteiger partial charge in [0.15, 0.2) is 0 Å². The summed E-state index contributed by atoms with van der Waals surface area (Å²) >= 11 is 3.37. The average Bonchev–Trinajstić information content (AvgIpc) is 2.59. The third-order valence-corrected chi connectivity index (χ3v) is 2.48. The van der Waals surface area contributed by atoms with E-state index in [-0.39, 0.29) is 6.04 Å². The van der Waals surface area contributed by atoms with E-state index in [9.17, 15) is 0 Å². The fraction of sp³-hybridized carbons (Fsp3) is 0.222. The summed E-state index contributed by atoms with van der Waals surface area (Å²) in [7, 11) is 0. The molecular weight excluding hydrogens is 244 g/mol. The van der Waals surface area contributed by atoms with Gasteiger partial charge in [-0.2, -0.15) is 5.26 Å². The molecule has 0 fully saturated rings. The number of nitrogens with zero attached hydrogens (tertiary/aromatic N) is 4. The topological polar surface area (TPSA) is 54.5 Å². The summed E-state index contributed by atoms with van der Waals surface area (Å²) in [6, 6.07) is 7.50. The highest BCUT2D eigenvalue weighted by Crippen LogP contribution is 2.19. The summed E-state index contributed by atoms with van der Waals surface area (Å²) in [5, 5.41) is 16.7. The van der Waals surface area contributed by atoms with Crippen LogP contribution in [0.4, 0.5) is 0 Å². The van der Waals surface area contributed by atoms with E-state index in [1.807, 2.05) is 18.2 Å². The van der Waals surface area contributed by atoms with Crippen molar-refractivity contribution in [3.8, 4) is 6.07 Å². The molecule has 2 aromatic rings. The highest BCUT2D eigenvalue weighted by molar-refractivity contribution is 9.10. The molecular formula is C9H7BrN4. The Morgan fingerprint density at radius 2 is 2.36 bits per heavy atom. The van der Waals surface area contributed by atoms with Gasteiger partial charge in [-0.25, -0.2) is 4.68 Å². The molecule has 0 saturated heterocycles. The first-order valence-electron chi connectivity index (χ1n) is 4.12. The fourth-order valence-electron chi connectivity index (χ4n) is 1.25. The van der Waals surface area contributed by atoms with Gasteiger partial charge in [-0.3, -0.25) is 0 Å². The molecule has 0 radical (unpaired) electrons. The number of fused-ring (bicyclic) bond motifs is 1. The molecule has 70 valence electrons. The first kappa shape index (κ1) is 9.16. The highest BCUT2D eigenvalue weighted by atomic mass is 79.9. The summed E-state index contributed by atoms with van der Waals surface area (Å²) in [4.78, 5) is 0. The Labute approximate surface area is 89.3 Å². The molecule has 1 heterocycles. The highest BCUT2D eigenvalue weighted by Gasteiger charge is 2.09. The normalized spacial score (nSPS) is 12.6. The quantitative estimate of drug-likeness (QED) is 0.781. The molecule has 0 bridgehead atoms. The van der Waals surface area contributed by atoms with Crippen LogP contribution in [0.3, 0.4) is 0 Å². The van der Waals surface area contributed by atoms with E-state index in [1.165, 1.54) is 0 Å². The number of halogens is 1. The molecule has 4 nitrogen and oxygen atoms in total. The van der Waals surface area contributed by atoms with Crippen LogP contribution in [0.2, 0.25) is 0 Å². The van der Waals surface area contributed by atoms with Crippen molar-refractivity contribution in [2.45, 2.75) is 13.0 Å². The van der Waals surface area contributed by atoms with E-state index in [4.69, 9.17) is 5.26 Å². The van der Waals surface area contributed by atoms with Crippen molar-refractivity contribution in [3.63, 3.8) is 0 Å². The van der Waals surface area contributed by atoms with Crippen LogP contribution >= 0.6 is 15.9 Å². The first-order chi connectivity index (χ1) is 6.72. The third-order valence-electron chi connectivity index (χ3n) is 1.99. The molecule has 5 heteroatoms. The molecule has 2 rings (SSSR count). The molecule has 0 spiro atoms. The van der Waals surface area contributed by atoms with Gasteiger partial charge in [0.2, 0.25) is 0 Å². The number of hydrogen-bond acceptors (Lipinski definition) is 3. The maximum atomic E-state index is 8.79. The second kappa shape index (κ2) is 3.39. The van der Waals surface area contributed by atoms with Gasteiger partial charge in [0, 0.05) is 4.47 Å². The van der Waals surface area contributed by atoms with Gasteiger partial charge in [0.05, 0.1) is 11.6 Å². The zero-order valence-corrected chi connectivity index (χ0v) is 9.06. The minimum absolute atomic E-state index is 0.297. The van der Waals surface area contributed by atoms with Crippen molar-refractivity contribution < 1.29 is 0 Å². The number of aromatic nitrogens is 3. The maximum absolute atomic E-state index is 8.79. The molecule has 0 aliphatic carbocycles. The van der Waals surface area contributed by atoms with E-state index in [0.717, 1.165) is 15.5 Å². The van der Waals surface area contributed by atoms with E-state index in [0.29, 0.717) is 0 Å². The van der Waals surface area contributed by atoms with Crippen molar-refractivity contribution in [2.75, 3.05) is 0 Å². The van der Waals surface area contributed by atoms with Crippen molar-refractivity contribution >= 4 is 27.0 Å². The number of nitriles is 1. The van der Waals surface area contributed by atoms with Crippen LogP contribution in [0, 0.1) is 11.3 Å². The number of benzene rings is 1. The minimum atomic E-state index is -0.297. The molecule has 0 aliphatic heterocycles. The molecule has 14 heavy (non-hydrogen) atoms. The molecule has 0 N–H and O–H groups in total. The lowest BCUT2D eigenvalue weighted by Gasteiger charge is -2.02. The van der Waals surface area contributed by atoms with Gasteiger partial charge < -0.3 is 0 Å². The molecule has 1 unspecified atom stereocenters. The van der Waals surface area contributed by atoms with Gasteiger partial charge >= 0.3 is 0 Å². The largest absolute Gasteiger partial charge is 0.228 e. The molecule has 0 amide bonds. The van der Waals surface area contributed by atoms with Gasteiger partial charge in [-0.1, -0.05) is 21.1 Å². The van der Waals surface area contributed by atoms with Crippen LogP contribution in [0.5, 0.6) is 0 Å². The molecule has 1 aromatic heterocycles. The van der Waals surface area contributed by atoms with Gasteiger partial charge in [0.1, 0.15) is 11.6 Å². The van der Waals surface area contributed by atoms with Crippen LogP contribution in [-0.4, -0.2) is 15.0 Å². The Bertz CT molecular complexity index is 511. The molecule has 0 aliphatic rings. The lowest BCUT2D eigenvalue weighted by molar-refractivity contribution is 0.584. The second-order valence-electron chi connectivity index (χ2n) is 2.97. The van der Waals surface area contributed by atoms with Gasteiger partial charge in [-0.05, 0) is 25.1 Å². The Morgan fingerprint density at radius 3 is 3.07 bits per heavy atom. The fourth-order valence-corrected chi connectivity index (χ4v) is 1.60. The predicted octanol–water partition coefficient (Wildman–Crippen LogP) is 2.28. The maximum Gasteiger partial charge on any atom is 0.138 e. The van der Waals surface area contributed by atoms with Crippen LogP contribution in [0.1, 0.15) is 13.0 Å². The Morgan fingerprint density at radius 1 is 1.57 bits per heavy atom. The van der Waals surface area contributed by atoms with Crippen molar-refractivity contribution in [2.24, 2.45) is 0 Å². The Kier molecular flexibility index (Phi) is 2.22. The van der Waals surface area contributed by atoms with Crippen molar-refractivity contribution in [3.05, 3.63) is 22.7 Å². The third kappa shape index (κ3) is 1.38. The summed E-state index contributed by atoms with van der Waals surface area (Å²) in [6.07, 6.45) is 0. The Balaban J connectivity index is 2.68. The zero-order valence-electron chi connectivity index (χ0n) is 7.48. The standard InChI is InChI=1S/C9H7BrN4/c1-6(5-11)14-9-4-7(10)2-3-8(9)12-13-14/h2-4,6H,1H3. The number of rotatable bonds is 1. The Hall–Kier alpha value is -1.41. The van der Waals surface area contributed by atoms with E-state index < -0.39 is 0 Å². The molecule has 1 atom stereocenters. The van der Waals surface area contributed by atoms with Crippen LogP contribution in [0.25, 0.3) is 11.0 Å². The monoisotopic (exact) mass is 250 g/mol. The average molecular weight is 251 g/mol. The smallest absolute Gasteiger partial charge is 0.138 e. The summed E-state index contributed by atoms with van der Waals surface area (Å²) in [6.45, 7) is 1.79. The SMILES string of the molecule is CC(C#N)n1nnc2ccc(Br)cc21. The predicted molar refractivity (Wildman–Crippen MR) is 55.6 cm³/mol. The minimum Gasteiger partial charge on any atom is -0.228 e. The van der Waals surface area contributed by atoms with Crippen LogP contribution < -0.4 is 0 Å². The van der Waals surface area contributed by atoms with E-state index in [1.54, 1.807) is 11.6 Å². The lowest BCUT2D eigenvalue weighted by atomic mass is 10.3. The van der Waals surface area contributed by atoms with Gasteiger partial charge in [0.25, 0.3) is 0 Å². The van der Waals surface area contributed by atoms with Crippen molar-refractivity contribution in [1.82, 2.24) is 15.0 Å². The molecule has 1 aromatic carbocycles. The summed E-state index contributed by atoms with van der Waals surface area (Å²) < 4.78 is 2.57. The van der Waals surface area contributed by atoms with E-state index in [2.05, 4.69) is 32.3 Å². The second-order valence-corrected chi connectivity index (χ2v) is 3.89. The summed E-state index contributed by atoms with van der Waals surface area (Å²) in [5.41, 5.74) is 1.67. The lowest BCUT2D eigenvalue weighted by Crippen LogP contribution is -2.04. The molecule has 0 saturated carbocycles. The van der Waals surface area contributed by atoms with Crippen LogP contribution in [0.15, 0.2) is 22.7 Å². The van der Waals surface area contributed by atoms with Gasteiger partial charge in [-0.15, -0.1) is 5.10 Å². The van der Waals surface area contributed by atoms with E-state index >= 15 is 0 Å². The van der Waals surface area contributed by atoms with Crippen molar-refractivity contribution in [1.29, 1.82) is 5.26 Å². The zero-order chi connectivity index (χ0) is 10.1. The number of hydrogen-bond donors (Lipinski definition) is 0. The first-order valence-corrected chi connectivity index (χ1v) is 4.92. The van der Waals surface area contributed by atoms with Crippen LogP contribution in [-0.2, 0) is 0 Å². The summed E-state index contributed by atoms with van der Waals surface area (Å²) in [5.74, 6) is 0.